The predicted octanol–water partition coefficient (Wildman–Crippen LogP) is 1.68. The van der Waals surface area contributed by atoms with Crippen LogP contribution in [0.15, 0.2) is 24.3 Å². The van der Waals surface area contributed by atoms with E-state index in [1.807, 2.05) is 52.0 Å². The maximum Gasteiger partial charge on any atom is 0.325 e. The molecule has 1 aromatic carbocycles. The van der Waals surface area contributed by atoms with E-state index >= 15 is 0 Å². The molecule has 0 saturated carbocycles. The third-order valence-corrected chi connectivity index (χ3v) is 3.72. The minimum atomic E-state index is -1.15. The van der Waals surface area contributed by atoms with Crippen molar-refractivity contribution in [3.05, 3.63) is 35.4 Å². The average molecular weight is 317 g/mol. The van der Waals surface area contributed by atoms with Gasteiger partial charge in [0.15, 0.2) is 0 Å². The molecule has 0 spiro atoms. The second kappa shape index (κ2) is 5.68. The largest absolute Gasteiger partial charge is 0.350 e. The van der Waals surface area contributed by atoms with Gasteiger partial charge in [-0.05, 0) is 40.2 Å². The Hall–Kier alpha value is -2.37. The number of urea groups is 1. The van der Waals surface area contributed by atoms with Crippen LogP contribution in [0.2, 0.25) is 0 Å². The van der Waals surface area contributed by atoms with E-state index in [4.69, 9.17) is 0 Å². The van der Waals surface area contributed by atoms with Crippen LogP contribution < -0.4 is 10.6 Å². The van der Waals surface area contributed by atoms with Crippen molar-refractivity contribution < 1.29 is 14.4 Å². The number of rotatable bonds is 3. The highest BCUT2D eigenvalue weighted by atomic mass is 16.2. The average Bonchev–Trinajstić information content (AvgIpc) is 2.62. The number of hydrogen-bond donors (Lipinski definition) is 2. The Morgan fingerprint density at radius 1 is 1.22 bits per heavy atom. The molecule has 2 N–H and O–H groups in total. The number of benzene rings is 1. The maximum atomic E-state index is 12.7. The van der Waals surface area contributed by atoms with Crippen molar-refractivity contribution >= 4 is 17.8 Å². The molecule has 6 nitrogen and oxygen atoms in total. The molecule has 1 atom stereocenters. The molecule has 2 rings (SSSR count). The molecule has 6 heteroatoms. The van der Waals surface area contributed by atoms with Gasteiger partial charge in [-0.2, -0.15) is 0 Å². The number of carbonyl (C=O) groups is 3. The summed E-state index contributed by atoms with van der Waals surface area (Å²) < 4.78 is 0. The molecule has 0 radical (unpaired) electrons. The fraction of sp³-hybridized carbons (Fsp3) is 0.471. The normalized spacial score (nSPS) is 21.3. The summed E-state index contributed by atoms with van der Waals surface area (Å²) in [4.78, 5) is 37.8. The minimum absolute atomic E-state index is 0.288. The van der Waals surface area contributed by atoms with Crippen LogP contribution in [0.4, 0.5) is 4.79 Å². The van der Waals surface area contributed by atoms with E-state index in [-0.39, 0.29) is 12.5 Å². The highest BCUT2D eigenvalue weighted by molar-refractivity contribution is 6.09. The van der Waals surface area contributed by atoms with Crippen molar-refractivity contribution in [3.63, 3.8) is 0 Å². The van der Waals surface area contributed by atoms with Gasteiger partial charge in [0.25, 0.3) is 5.91 Å². The summed E-state index contributed by atoms with van der Waals surface area (Å²) in [7, 11) is 0. The molecule has 1 aliphatic rings. The second-order valence-electron chi connectivity index (χ2n) is 7.11. The standard InChI is InChI=1S/C17H23N3O3/c1-11-6-8-12(9-7-11)17(5)14(22)20(15(23)19-17)10-13(21)18-16(2,3)4/h6-9H,10H2,1-5H3,(H,18,21)(H,19,23). The van der Waals surface area contributed by atoms with Gasteiger partial charge in [-0.3, -0.25) is 14.5 Å². The van der Waals surface area contributed by atoms with Crippen molar-refractivity contribution in [1.29, 1.82) is 0 Å². The van der Waals surface area contributed by atoms with Gasteiger partial charge < -0.3 is 10.6 Å². The van der Waals surface area contributed by atoms with Gasteiger partial charge in [0, 0.05) is 5.54 Å². The topological polar surface area (TPSA) is 78.5 Å². The zero-order chi connectivity index (χ0) is 17.4. The highest BCUT2D eigenvalue weighted by Crippen LogP contribution is 2.28. The Morgan fingerprint density at radius 3 is 2.30 bits per heavy atom. The number of aryl methyl sites for hydroxylation is 1. The van der Waals surface area contributed by atoms with Gasteiger partial charge in [0.1, 0.15) is 12.1 Å². The molecule has 0 bridgehead atoms. The first-order valence-corrected chi connectivity index (χ1v) is 7.55. The van der Waals surface area contributed by atoms with Gasteiger partial charge in [-0.15, -0.1) is 0 Å². The number of nitrogens with zero attached hydrogens (tertiary/aromatic N) is 1. The van der Waals surface area contributed by atoms with Crippen LogP contribution in [0.3, 0.4) is 0 Å². The predicted molar refractivity (Wildman–Crippen MR) is 86.7 cm³/mol. The van der Waals surface area contributed by atoms with Crippen molar-refractivity contribution in [2.75, 3.05) is 6.54 Å². The quantitative estimate of drug-likeness (QED) is 0.833. The lowest BCUT2D eigenvalue weighted by atomic mass is 9.91. The molecule has 4 amide bonds. The van der Waals surface area contributed by atoms with Crippen LogP contribution >= 0.6 is 0 Å². The molecular weight excluding hydrogens is 294 g/mol. The van der Waals surface area contributed by atoms with E-state index in [1.165, 1.54) is 0 Å². The van der Waals surface area contributed by atoms with Crippen LogP contribution in [0.5, 0.6) is 0 Å². The summed E-state index contributed by atoms with van der Waals surface area (Å²) in [6.45, 7) is 8.83. The number of carbonyl (C=O) groups excluding carboxylic acids is 3. The number of hydrogen-bond acceptors (Lipinski definition) is 3. The van der Waals surface area contributed by atoms with Crippen molar-refractivity contribution in [3.8, 4) is 0 Å². The molecule has 1 heterocycles. The lowest BCUT2D eigenvalue weighted by molar-refractivity contribution is -0.135. The third-order valence-electron chi connectivity index (χ3n) is 3.72. The van der Waals surface area contributed by atoms with E-state index < -0.39 is 23.0 Å². The third kappa shape index (κ3) is 3.52. The van der Waals surface area contributed by atoms with E-state index in [2.05, 4.69) is 10.6 Å². The van der Waals surface area contributed by atoms with E-state index in [0.29, 0.717) is 5.56 Å². The summed E-state index contributed by atoms with van der Waals surface area (Å²) in [6.07, 6.45) is 0. The summed E-state index contributed by atoms with van der Waals surface area (Å²) in [5.74, 6) is -0.787. The molecular formula is C17H23N3O3. The molecule has 0 aliphatic carbocycles. The van der Waals surface area contributed by atoms with Crippen molar-refractivity contribution in [2.24, 2.45) is 0 Å². The lowest BCUT2D eigenvalue weighted by Gasteiger charge is -2.24. The zero-order valence-electron chi connectivity index (χ0n) is 14.2. The Bertz CT molecular complexity index is 646. The molecule has 1 aromatic rings. The van der Waals surface area contributed by atoms with Crippen molar-refractivity contribution in [1.82, 2.24) is 15.5 Å². The number of imide groups is 1. The summed E-state index contributed by atoms with van der Waals surface area (Å²) in [6, 6.07) is 6.84. The Morgan fingerprint density at radius 2 is 1.78 bits per heavy atom. The summed E-state index contributed by atoms with van der Waals surface area (Å²) in [5, 5.41) is 5.44. The maximum absolute atomic E-state index is 12.7. The van der Waals surface area contributed by atoms with E-state index in [9.17, 15) is 14.4 Å². The Labute approximate surface area is 136 Å². The van der Waals surface area contributed by atoms with Gasteiger partial charge >= 0.3 is 6.03 Å². The van der Waals surface area contributed by atoms with Crippen molar-refractivity contribution in [2.45, 2.75) is 45.7 Å². The Balaban J connectivity index is 2.19. The van der Waals surface area contributed by atoms with Gasteiger partial charge in [0.05, 0.1) is 0 Å². The molecule has 1 saturated heterocycles. The molecule has 124 valence electrons. The first kappa shape index (κ1) is 17.0. The van der Waals surface area contributed by atoms with E-state index in [0.717, 1.165) is 10.5 Å². The number of amides is 4. The molecule has 23 heavy (non-hydrogen) atoms. The monoisotopic (exact) mass is 317 g/mol. The van der Waals surface area contributed by atoms with Gasteiger partial charge in [0.2, 0.25) is 5.91 Å². The molecule has 1 fully saturated rings. The van der Waals surface area contributed by atoms with Crippen LogP contribution in [-0.4, -0.2) is 34.8 Å². The molecule has 1 unspecified atom stereocenters. The SMILES string of the molecule is Cc1ccc(C2(C)NC(=O)N(CC(=O)NC(C)(C)C)C2=O)cc1. The van der Waals surface area contributed by atoms with Crippen LogP contribution in [0.25, 0.3) is 0 Å². The molecule has 0 aromatic heterocycles. The second-order valence-corrected chi connectivity index (χ2v) is 7.11. The van der Waals surface area contributed by atoms with Gasteiger partial charge in [-0.25, -0.2) is 4.79 Å². The highest BCUT2D eigenvalue weighted by Gasteiger charge is 2.49. The lowest BCUT2D eigenvalue weighted by Crippen LogP contribution is -2.48. The van der Waals surface area contributed by atoms with Crippen LogP contribution in [0, 0.1) is 6.92 Å². The van der Waals surface area contributed by atoms with Crippen LogP contribution in [0.1, 0.15) is 38.8 Å². The fourth-order valence-electron chi connectivity index (χ4n) is 2.52. The Kier molecular flexibility index (Phi) is 4.20. The van der Waals surface area contributed by atoms with Gasteiger partial charge in [-0.1, -0.05) is 29.8 Å². The molecule has 1 aliphatic heterocycles. The summed E-state index contributed by atoms with van der Waals surface area (Å²) >= 11 is 0. The van der Waals surface area contributed by atoms with E-state index in [1.54, 1.807) is 6.92 Å². The minimum Gasteiger partial charge on any atom is -0.350 e. The summed E-state index contributed by atoms with van der Waals surface area (Å²) in [5.41, 5.74) is 0.194. The van der Waals surface area contributed by atoms with Crippen LogP contribution in [-0.2, 0) is 15.1 Å². The number of nitrogens with one attached hydrogen (secondary N) is 2. The zero-order valence-corrected chi connectivity index (χ0v) is 14.2. The smallest absolute Gasteiger partial charge is 0.325 e. The first-order valence-electron chi connectivity index (χ1n) is 7.55. The fourth-order valence-corrected chi connectivity index (χ4v) is 2.52. The first-order chi connectivity index (χ1) is 10.5.